The lowest BCUT2D eigenvalue weighted by Gasteiger charge is -2.17. The minimum Gasteiger partial charge on any atom is -0.493 e. The fourth-order valence-electron chi connectivity index (χ4n) is 2.13. The van der Waals surface area contributed by atoms with E-state index in [2.05, 4.69) is 5.32 Å². The van der Waals surface area contributed by atoms with Gasteiger partial charge in [-0.25, -0.2) is 4.79 Å². The first-order valence-electron chi connectivity index (χ1n) is 8.91. The molecule has 9 heteroatoms. The highest BCUT2D eigenvalue weighted by Gasteiger charge is 2.20. The Kier molecular flexibility index (Phi) is 9.58. The summed E-state index contributed by atoms with van der Waals surface area (Å²) in [6, 6.07) is 2.81. The third kappa shape index (κ3) is 7.26. The molecule has 8 nitrogen and oxygen atoms in total. The molecule has 1 N–H and O–H groups in total. The predicted molar refractivity (Wildman–Crippen MR) is 105 cm³/mol. The van der Waals surface area contributed by atoms with Crippen LogP contribution in [0.5, 0.6) is 11.5 Å². The van der Waals surface area contributed by atoms with Crippen molar-refractivity contribution in [2.75, 3.05) is 33.9 Å². The summed E-state index contributed by atoms with van der Waals surface area (Å²) in [5.41, 5.74) is 0.120. The number of amides is 2. The van der Waals surface area contributed by atoms with E-state index in [-0.39, 0.29) is 34.9 Å². The second-order valence-corrected chi connectivity index (χ2v) is 6.74. The standard InChI is InChI=1S/C19H27ClN2O6/c1-6-7-21-16(23)10-22(4)17(24)11-27-19(25)13-8-14(20)18(28-12(2)3)15(9-13)26-5/h8-9,12H,6-7,10-11H2,1-5H3,(H,21,23). The molecule has 1 rings (SSSR count). The number of carbonyl (C=O) groups is 3. The van der Waals surface area contributed by atoms with Crippen LogP contribution in [0.2, 0.25) is 5.02 Å². The molecule has 28 heavy (non-hydrogen) atoms. The molecule has 156 valence electrons. The fourth-order valence-corrected chi connectivity index (χ4v) is 2.39. The number of likely N-dealkylation sites (N-methyl/N-ethyl adjacent to an activating group) is 1. The molecule has 0 heterocycles. The Morgan fingerprint density at radius 2 is 1.93 bits per heavy atom. The lowest BCUT2D eigenvalue weighted by Crippen LogP contribution is -2.40. The van der Waals surface area contributed by atoms with Crippen molar-refractivity contribution in [1.82, 2.24) is 10.2 Å². The number of nitrogens with one attached hydrogen (secondary N) is 1. The second-order valence-electron chi connectivity index (χ2n) is 6.33. The lowest BCUT2D eigenvalue weighted by molar-refractivity contribution is -0.137. The molecule has 2 amide bonds. The van der Waals surface area contributed by atoms with Gasteiger partial charge in [-0.3, -0.25) is 9.59 Å². The van der Waals surface area contributed by atoms with Crippen molar-refractivity contribution in [2.24, 2.45) is 0 Å². The Labute approximate surface area is 170 Å². The zero-order valence-electron chi connectivity index (χ0n) is 16.8. The van der Waals surface area contributed by atoms with E-state index in [9.17, 15) is 14.4 Å². The molecule has 0 saturated carbocycles. The van der Waals surface area contributed by atoms with Crippen LogP contribution in [0.3, 0.4) is 0 Å². The number of carbonyl (C=O) groups excluding carboxylic acids is 3. The zero-order chi connectivity index (χ0) is 21.3. The number of hydrogen-bond donors (Lipinski definition) is 1. The maximum Gasteiger partial charge on any atom is 0.338 e. The summed E-state index contributed by atoms with van der Waals surface area (Å²) in [5, 5.41) is 2.86. The molecule has 1 aromatic rings. The number of ether oxygens (including phenoxy) is 3. The summed E-state index contributed by atoms with van der Waals surface area (Å²) in [5.74, 6) is -0.915. The summed E-state index contributed by atoms with van der Waals surface area (Å²) in [6.07, 6.45) is 0.667. The van der Waals surface area contributed by atoms with Crippen LogP contribution < -0.4 is 14.8 Å². The maximum atomic E-state index is 12.3. The van der Waals surface area contributed by atoms with Gasteiger partial charge in [0, 0.05) is 13.6 Å². The smallest absolute Gasteiger partial charge is 0.338 e. The van der Waals surface area contributed by atoms with Gasteiger partial charge >= 0.3 is 5.97 Å². The quantitative estimate of drug-likeness (QED) is 0.590. The van der Waals surface area contributed by atoms with Gasteiger partial charge < -0.3 is 24.4 Å². The molecule has 0 aromatic heterocycles. The summed E-state index contributed by atoms with van der Waals surface area (Å²) in [4.78, 5) is 37.1. The first-order valence-corrected chi connectivity index (χ1v) is 9.29. The van der Waals surface area contributed by atoms with Crippen molar-refractivity contribution in [2.45, 2.75) is 33.3 Å². The van der Waals surface area contributed by atoms with E-state index < -0.39 is 18.5 Å². The lowest BCUT2D eigenvalue weighted by atomic mass is 10.2. The molecule has 0 unspecified atom stereocenters. The Bertz CT molecular complexity index is 708. The Morgan fingerprint density at radius 1 is 1.25 bits per heavy atom. The van der Waals surface area contributed by atoms with Gasteiger partial charge in [0.25, 0.3) is 5.91 Å². The molecule has 0 aliphatic carbocycles. The topological polar surface area (TPSA) is 94.2 Å². The van der Waals surface area contributed by atoms with Gasteiger partial charge in [0.15, 0.2) is 18.1 Å². The van der Waals surface area contributed by atoms with E-state index in [0.717, 1.165) is 6.42 Å². The number of halogens is 1. The Balaban J connectivity index is 2.71. The number of hydrogen-bond acceptors (Lipinski definition) is 6. The third-order valence-electron chi connectivity index (χ3n) is 3.52. The van der Waals surface area contributed by atoms with E-state index >= 15 is 0 Å². The van der Waals surface area contributed by atoms with Crippen molar-refractivity contribution >= 4 is 29.4 Å². The maximum absolute atomic E-state index is 12.3. The molecule has 1 aromatic carbocycles. The van der Waals surface area contributed by atoms with Crippen LogP contribution in [0.1, 0.15) is 37.6 Å². The third-order valence-corrected chi connectivity index (χ3v) is 3.80. The van der Waals surface area contributed by atoms with Gasteiger partial charge in [0.1, 0.15) is 0 Å². The SMILES string of the molecule is CCCNC(=O)CN(C)C(=O)COC(=O)c1cc(Cl)c(OC(C)C)c(OC)c1. The van der Waals surface area contributed by atoms with Crippen molar-refractivity contribution < 1.29 is 28.6 Å². The first kappa shape index (κ1) is 23.6. The molecule has 0 spiro atoms. The van der Waals surface area contributed by atoms with Crippen LogP contribution in [0.25, 0.3) is 0 Å². The Morgan fingerprint density at radius 3 is 2.50 bits per heavy atom. The van der Waals surface area contributed by atoms with Gasteiger partial charge in [0.05, 0.1) is 30.3 Å². The van der Waals surface area contributed by atoms with Crippen LogP contribution >= 0.6 is 11.6 Å². The summed E-state index contributed by atoms with van der Waals surface area (Å²) in [6.45, 7) is 5.52. The average molecular weight is 415 g/mol. The van der Waals surface area contributed by atoms with Crippen LogP contribution in [0, 0.1) is 0 Å². The van der Waals surface area contributed by atoms with Crippen molar-refractivity contribution in [3.8, 4) is 11.5 Å². The molecule has 0 radical (unpaired) electrons. The van der Waals surface area contributed by atoms with E-state index in [4.69, 9.17) is 25.8 Å². The summed E-state index contributed by atoms with van der Waals surface area (Å²) < 4.78 is 15.8. The number of benzene rings is 1. The average Bonchev–Trinajstić information content (AvgIpc) is 2.64. The Hall–Kier alpha value is -2.48. The number of esters is 1. The van der Waals surface area contributed by atoms with Crippen LogP contribution in [0.15, 0.2) is 12.1 Å². The number of rotatable bonds is 10. The molecule has 0 saturated heterocycles. The van der Waals surface area contributed by atoms with Crippen LogP contribution in [0.4, 0.5) is 0 Å². The van der Waals surface area contributed by atoms with Crippen LogP contribution in [-0.2, 0) is 14.3 Å². The van der Waals surface area contributed by atoms with E-state index in [1.165, 1.54) is 31.2 Å². The second kappa shape index (κ2) is 11.4. The van der Waals surface area contributed by atoms with Gasteiger partial charge in [0.2, 0.25) is 5.91 Å². The highest BCUT2D eigenvalue weighted by atomic mass is 35.5. The highest BCUT2D eigenvalue weighted by Crippen LogP contribution is 2.37. The molecular formula is C19H27ClN2O6. The van der Waals surface area contributed by atoms with Crippen LogP contribution in [-0.4, -0.2) is 62.6 Å². The van der Waals surface area contributed by atoms with Crippen molar-refractivity contribution in [3.05, 3.63) is 22.7 Å². The molecule has 0 aliphatic rings. The largest absolute Gasteiger partial charge is 0.493 e. The van der Waals surface area contributed by atoms with Gasteiger partial charge in [-0.05, 0) is 32.4 Å². The number of methoxy groups -OCH3 is 1. The van der Waals surface area contributed by atoms with E-state index in [1.807, 2.05) is 20.8 Å². The minimum atomic E-state index is -0.742. The van der Waals surface area contributed by atoms with Gasteiger partial charge in [-0.2, -0.15) is 0 Å². The molecular weight excluding hydrogens is 388 g/mol. The molecule has 0 aliphatic heterocycles. The van der Waals surface area contributed by atoms with Crippen molar-refractivity contribution in [3.63, 3.8) is 0 Å². The highest BCUT2D eigenvalue weighted by molar-refractivity contribution is 6.32. The number of nitrogens with zero attached hydrogens (tertiary/aromatic N) is 1. The summed E-state index contributed by atoms with van der Waals surface area (Å²) >= 11 is 6.18. The minimum absolute atomic E-state index is 0.114. The predicted octanol–water partition coefficient (Wildman–Crippen LogP) is 2.28. The van der Waals surface area contributed by atoms with Gasteiger partial charge in [-0.15, -0.1) is 0 Å². The van der Waals surface area contributed by atoms with E-state index in [1.54, 1.807) is 0 Å². The van der Waals surface area contributed by atoms with Gasteiger partial charge in [-0.1, -0.05) is 18.5 Å². The molecule has 0 atom stereocenters. The fraction of sp³-hybridized carbons (Fsp3) is 0.526. The van der Waals surface area contributed by atoms with E-state index in [0.29, 0.717) is 12.3 Å². The zero-order valence-corrected chi connectivity index (χ0v) is 17.6. The first-order chi connectivity index (χ1) is 13.2. The van der Waals surface area contributed by atoms with Crippen molar-refractivity contribution in [1.29, 1.82) is 0 Å². The normalized spacial score (nSPS) is 10.4. The monoisotopic (exact) mass is 414 g/mol. The molecule has 0 fully saturated rings. The summed E-state index contributed by atoms with van der Waals surface area (Å²) in [7, 11) is 2.88. The molecule has 0 bridgehead atoms.